The van der Waals surface area contributed by atoms with Crippen molar-refractivity contribution in [2.75, 3.05) is 5.01 Å². The van der Waals surface area contributed by atoms with Crippen LogP contribution in [0.5, 0.6) is 0 Å². The first-order chi connectivity index (χ1) is 15.3. The third-order valence-electron chi connectivity index (χ3n) is 4.32. The Bertz CT molecular complexity index is 1380. The zero-order valence-corrected chi connectivity index (χ0v) is 18.0. The second kappa shape index (κ2) is 8.61. The molecule has 0 radical (unpaired) electrons. The maximum Gasteiger partial charge on any atom is 0.324 e. The number of hydrogen-bond donors (Lipinski definition) is 0. The van der Waals surface area contributed by atoms with Crippen LogP contribution >= 0.6 is 22.7 Å². The summed E-state index contributed by atoms with van der Waals surface area (Å²) in [7, 11) is 0. The van der Waals surface area contributed by atoms with E-state index in [1.807, 2.05) is 25.1 Å². The first-order valence-corrected chi connectivity index (χ1v) is 10.7. The molecular formula is C20H13N5O5S2. The number of carbonyl (C=O) groups excluding carboxylic acids is 1. The highest BCUT2D eigenvalue weighted by Gasteiger charge is 2.22. The van der Waals surface area contributed by atoms with E-state index in [0.717, 1.165) is 26.6 Å². The molecule has 0 bridgehead atoms. The standard InChI is InChI=1S/C20H13N5O5S2/c1-12-2-8-16-17(10-12)32-20(22-16)23(21-11-15-7-9-18(31-15)25(29)30)19(26)13-3-5-14(6-4-13)24(27)28/h2-11H,1H3/b21-11+. The van der Waals surface area contributed by atoms with Crippen molar-refractivity contribution in [3.8, 4) is 0 Å². The van der Waals surface area contributed by atoms with Gasteiger partial charge < -0.3 is 0 Å². The van der Waals surface area contributed by atoms with E-state index in [0.29, 0.717) is 15.5 Å². The van der Waals surface area contributed by atoms with Gasteiger partial charge in [-0.3, -0.25) is 25.0 Å². The van der Waals surface area contributed by atoms with E-state index in [2.05, 4.69) is 10.1 Å². The van der Waals surface area contributed by atoms with E-state index < -0.39 is 15.8 Å². The van der Waals surface area contributed by atoms with E-state index >= 15 is 0 Å². The Morgan fingerprint density at radius 3 is 2.44 bits per heavy atom. The smallest absolute Gasteiger partial charge is 0.267 e. The van der Waals surface area contributed by atoms with Gasteiger partial charge in [-0.25, -0.2) is 4.98 Å². The quantitative estimate of drug-likeness (QED) is 0.218. The molecule has 2 aromatic carbocycles. The molecule has 2 heterocycles. The minimum atomic E-state index is -0.552. The van der Waals surface area contributed by atoms with Gasteiger partial charge in [0.2, 0.25) is 5.13 Å². The average molecular weight is 467 g/mol. The molecule has 32 heavy (non-hydrogen) atoms. The van der Waals surface area contributed by atoms with E-state index in [9.17, 15) is 25.0 Å². The monoisotopic (exact) mass is 467 g/mol. The first kappa shape index (κ1) is 21.2. The molecule has 4 rings (SSSR count). The number of hydrazone groups is 1. The zero-order valence-electron chi connectivity index (χ0n) is 16.4. The number of anilines is 1. The maximum absolute atomic E-state index is 13.2. The lowest BCUT2D eigenvalue weighted by molar-refractivity contribution is -0.384. The number of amides is 1. The molecule has 0 aliphatic rings. The summed E-state index contributed by atoms with van der Waals surface area (Å²) in [6, 6.07) is 13.7. The fraction of sp³-hybridized carbons (Fsp3) is 0.0500. The molecule has 0 atom stereocenters. The van der Waals surface area contributed by atoms with Gasteiger partial charge in [0.15, 0.2) is 0 Å². The SMILES string of the molecule is Cc1ccc2nc(N(/N=C/c3ccc([N+](=O)[O-])s3)C(=O)c3ccc([N+](=O)[O-])cc3)sc2c1. The molecular weight excluding hydrogens is 454 g/mol. The highest BCUT2D eigenvalue weighted by Crippen LogP contribution is 2.31. The Hall–Kier alpha value is -4.03. The third kappa shape index (κ3) is 4.36. The van der Waals surface area contributed by atoms with E-state index in [1.165, 1.54) is 53.9 Å². The van der Waals surface area contributed by atoms with Crippen LogP contribution < -0.4 is 5.01 Å². The lowest BCUT2D eigenvalue weighted by Gasteiger charge is -2.13. The van der Waals surface area contributed by atoms with Crippen molar-refractivity contribution in [3.05, 3.63) is 90.8 Å². The molecule has 0 aliphatic heterocycles. The largest absolute Gasteiger partial charge is 0.324 e. The van der Waals surface area contributed by atoms with E-state index in [-0.39, 0.29) is 16.3 Å². The van der Waals surface area contributed by atoms with Crippen molar-refractivity contribution in [3.63, 3.8) is 0 Å². The predicted molar refractivity (Wildman–Crippen MR) is 123 cm³/mol. The Balaban J connectivity index is 1.73. The van der Waals surface area contributed by atoms with Crippen LogP contribution in [0.15, 0.2) is 59.7 Å². The average Bonchev–Trinajstić information content (AvgIpc) is 3.40. The van der Waals surface area contributed by atoms with Gasteiger partial charge in [0.1, 0.15) is 0 Å². The van der Waals surface area contributed by atoms with Crippen LogP contribution in [0.2, 0.25) is 0 Å². The van der Waals surface area contributed by atoms with Crippen molar-refractivity contribution in [2.24, 2.45) is 5.10 Å². The van der Waals surface area contributed by atoms with Crippen LogP contribution in [0, 0.1) is 27.2 Å². The summed E-state index contributed by atoms with van der Waals surface area (Å²) < 4.78 is 0.864. The summed E-state index contributed by atoms with van der Waals surface area (Å²) >= 11 is 2.18. The number of thiazole rings is 1. The summed E-state index contributed by atoms with van der Waals surface area (Å²) in [5.41, 5.74) is 1.77. The second-order valence-electron chi connectivity index (χ2n) is 6.57. The number of nitro groups is 2. The van der Waals surface area contributed by atoms with E-state index in [1.54, 1.807) is 0 Å². The summed E-state index contributed by atoms with van der Waals surface area (Å²) in [6.07, 6.45) is 1.35. The number of non-ortho nitro benzene ring substituents is 1. The highest BCUT2D eigenvalue weighted by atomic mass is 32.1. The molecule has 0 unspecified atom stereocenters. The van der Waals surface area contributed by atoms with Crippen LogP contribution in [0.3, 0.4) is 0 Å². The molecule has 12 heteroatoms. The van der Waals surface area contributed by atoms with E-state index in [4.69, 9.17) is 0 Å². The minimum absolute atomic E-state index is 0.0462. The van der Waals surface area contributed by atoms with Crippen molar-refractivity contribution in [1.82, 2.24) is 4.98 Å². The number of thiophene rings is 1. The molecule has 0 N–H and O–H groups in total. The van der Waals surface area contributed by atoms with Crippen LogP contribution in [-0.2, 0) is 0 Å². The fourth-order valence-electron chi connectivity index (χ4n) is 2.77. The second-order valence-corrected chi connectivity index (χ2v) is 8.67. The first-order valence-electron chi connectivity index (χ1n) is 9.06. The van der Waals surface area contributed by atoms with Crippen molar-refractivity contribution >= 4 is 60.8 Å². The van der Waals surface area contributed by atoms with Gasteiger partial charge in [-0.15, -0.1) is 0 Å². The molecule has 0 saturated heterocycles. The molecule has 1 amide bonds. The summed E-state index contributed by atoms with van der Waals surface area (Å²) in [4.78, 5) is 39.0. The molecule has 0 saturated carbocycles. The number of nitrogens with zero attached hydrogens (tertiary/aromatic N) is 5. The van der Waals surface area contributed by atoms with Crippen LogP contribution in [-0.4, -0.2) is 27.0 Å². The van der Waals surface area contributed by atoms with Gasteiger partial charge in [-0.05, 0) is 42.8 Å². The number of benzene rings is 2. The topological polar surface area (TPSA) is 132 Å². The normalized spacial score (nSPS) is 11.2. The Morgan fingerprint density at radius 1 is 1.03 bits per heavy atom. The molecule has 160 valence electrons. The molecule has 10 nitrogen and oxygen atoms in total. The number of fused-ring (bicyclic) bond motifs is 1. The summed E-state index contributed by atoms with van der Waals surface area (Å²) in [5, 5.41) is 27.4. The number of hydrogen-bond acceptors (Lipinski definition) is 9. The maximum atomic E-state index is 13.2. The van der Waals surface area contributed by atoms with Crippen molar-refractivity contribution in [1.29, 1.82) is 0 Å². The minimum Gasteiger partial charge on any atom is -0.267 e. The molecule has 4 aromatic rings. The zero-order chi connectivity index (χ0) is 22.8. The Kier molecular flexibility index (Phi) is 5.71. The van der Waals surface area contributed by atoms with Gasteiger partial charge in [0, 0.05) is 23.8 Å². The summed E-state index contributed by atoms with van der Waals surface area (Å²) in [5.74, 6) is -0.544. The van der Waals surface area contributed by atoms with Gasteiger partial charge in [0.25, 0.3) is 11.6 Å². The van der Waals surface area contributed by atoms with Crippen molar-refractivity contribution in [2.45, 2.75) is 6.92 Å². The van der Waals surface area contributed by atoms with Crippen LogP contribution in [0.4, 0.5) is 15.8 Å². The summed E-state index contributed by atoms with van der Waals surface area (Å²) in [6.45, 7) is 1.94. The van der Waals surface area contributed by atoms with Crippen LogP contribution in [0.25, 0.3) is 10.2 Å². The number of carbonyl (C=O) groups is 1. The van der Waals surface area contributed by atoms with Gasteiger partial charge in [0.05, 0.1) is 31.2 Å². The number of nitro benzene ring substituents is 1. The van der Waals surface area contributed by atoms with Crippen LogP contribution in [0.1, 0.15) is 20.8 Å². The molecule has 0 fully saturated rings. The Morgan fingerprint density at radius 2 is 1.78 bits per heavy atom. The van der Waals surface area contributed by atoms with Gasteiger partial charge in [-0.1, -0.05) is 28.7 Å². The Labute approximate surface area is 188 Å². The molecule has 2 aromatic heterocycles. The third-order valence-corrected chi connectivity index (χ3v) is 6.29. The molecule has 0 spiro atoms. The predicted octanol–water partition coefficient (Wildman–Crippen LogP) is 5.16. The molecule has 0 aliphatic carbocycles. The van der Waals surface area contributed by atoms with Gasteiger partial charge >= 0.3 is 5.00 Å². The fourth-order valence-corrected chi connectivity index (χ4v) is 4.48. The number of aryl methyl sites for hydroxylation is 1. The van der Waals surface area contributed by atoms with Crippen molar-refractivity contribution < 1.29 is 14.6 Å². The number of aromatic nitrogens is 1. The highest BCUT2D eigenvalue weighted by molar-refractivity contribution is 7.22. The number of rotatable bonds is 6. The van der Waals surface area contributed by atoms with Gasteiger partial charge in [-0.2, -0.15) is 10.1 Å². The lowest BCUT2D eigenvalue weighted by Crippen LogP contribution is -2.25. The lowest BCUT2D eigenvalue weighted by atomic mass is 10.2.